The molecule has 0 fully saturated rings. The van der Waals surface area contributed by atoms with Crippen LogP contribution in [-0.4, -0.2) is 24.2 Å². The second-order valence-corrected chi connectivity index (χ2v) is 1.88. The van der Waals surface area contributed by atoms with E-state index in [-0.39, 0.29) is 6.42 Å². The van der Waals surface area contributed by atoms with Crippen molar-refractivity contribution >= 4 is 5.97 Å². The zero-order chi connectivity index (χ0) is 7.82. The SMILES string of the molecule is CCNCC=CCC(=O)O. The largest absolute Gasteiger partial charge is 0.481 e. The fraction of sp³-hybridized carbons (Fsp3) is 0.571. The number of carbonyl (C=O) groups is 1. The van der Waals surface area contributed by atoms with Gasteiger partial charge >= 0.3 is 5.97 Å². The van der Waals surface area contributed by atoms with Gasteiger partial charge in [0.15, 0.2) is 0 Å². The van der Waals surface area contributed by atoms with Crippen LogP contribution in [0, 0.1) is 0 Å². The molecule has 0 saturated heterocycles. The summed E-state index contributed by atoms with van der Waals surface area (Å²) in [6, 6.07) is 0. The van der Waals surface area contributed by atoms with Crippen LogP contribution in [0.5, 0.6) is 0 Å². The highest BCUT2D eigenvalue weighted by molar-refractivity contribution is 5.68. The Bertz CT molecular complexity index is 121. The van der Waals surface area contributed by atoms with E-state index < -0.39 is 5.97 Å². The molecule has 0 amide bonds. The molecule has 3 heteroatoms. The second kappa shape index (κ2) is 6.29. The Kier molecular flexibility index (Phi) is 5.77. The second-order valence-electron chi connectivity index (χ2n) is 1.88. The van der Waals surface area contributed by atoms with Gasteiger partial charge in [0.25, 0.3) is 0 Å². The Balaban J connectivity index is 3.12. The van der Waals surface area contributed by atoms with E-state index >= 15 is 0 Å². The summed E-state index contributed by atoms with van der Waals surface area (Å²) in [4.78, 5) is 9.96. The lowest BCUT2D eigenvalue weighted by Gasteiger charge is -1.91. The molecule has 2 N–H and O–H groups in total. The summed E-state index contributed by atoms with van der Waals surface area (Å²) in [7, 11) is 0. The van der Waals surface area contributed by atoms with Crippen molar-refractivity contribution in [1.29, 1.82) is 0 Å². The molecule has 10 heavy (non-hydrogen) atoms. The third kappa shape index (κ3) is 7.17. The van der Waals surface area contributed by atoms with Gasteiger partial charge in [-0.25, -0.2) is 0 Å². The van der Waals surface area contributed by atoms with Gasteiger partial charge in [0.2, 0.25) is 0 Å². The van der Waals surface area contributed by atoms with Gasteiger partial charge in [-0.1, -0.05) is 19.1 Å². The van der Waals surface area contributed by atoms with Crippen LogP contribution in [0.25, 0.3) is 0 Å². The molecule has 0 aromatic carbocycles. The molecule has 0 unspecified atom stereocenters. The van der Waals surface area contributed by atoms with Crippen LogP contribution in [0.3, 0.4) is 0 Å². The predicted octanol–water partition coefficient (Wildman–Crippen LogP) is 0.627. The van der Waals surface area contributed by atoms with Crippen molar-refractivity contribution in [2.75, 3.05) is 13.1 Å². The number of hydrogen-bond donors (Lipinski definition) is 2. The zero-order valence-electron chi connectivity index (χ0n) is 6.13. The van der Waals surface area contributed by atoms with E-state index in [0.29, 0.717) is 0 Å². The van der Waals surface area contributed by atoms with E-state index in [1.54, 1.807) is 6.08 Å². The first-order chi connectivity index (χ1) is 4.77. The summed E-state index contributed by atoms with van der Waals surface area (Å²) < 4.78 is 0. The van der Waals surface area contributed by atoms with Crippen molar-refractivity contribution in [2.45, 2.75) is 13.3 Å². The van der Waals surface area contributed by atoms with Crippen molar-refractivity contribution in [2.24, 2.45) is 0 Å². The summed E-state index contributed by atoms with van der Waals surface area (Å²) in [6.45, 7) is 3.67. The molecule has 0 spiro atoms. The fourth-order valence-corrected chi connectivity index (χ4v) is 0.495. The molecule has 0 rings (SSSR count). The molecule has 0 atom stereocenters. The lowest BCUT2D eigenvalue weighted by atomic mass is 10.4. The van der Waals surface area contributed by atoms with Gasteiger partial charge in [0.1, 0.15) is 0 Å². The molecule has 0 saturated carbocycles. The van der Waals surface area contributed by atoms with Crippen molar-refractivity contribution in [3.8, 4) is 0 Å². The number of carboxylic acid groups (broad SMARTS) is 1. The zero-order valence-corrected chi connectivity index (χ0v) is 6.13. The normalized spacial score (nSPS) is 10.5. The van der Waals surface area contributed by atoms with Crippen molar-refractivity contribution in [3.05, 3.63) is 12.2 Å². The van der Waals surface area contributed by atoms with E-state index in [1.165, 1.54) is 0 Å². The standard InChI is InChI=1S/C7H13NO2/c1-2-8-6-4-3-5-7(9)10/h3-4,8H,2,5-6H2,1H3,(H,9,10). The minimum absolute atomic E-state index is 0.116. The monoisotopic (exact) mass is 143 g/mol. The third-order valence-electron chi connectivity index (χ3n) is 0.971. The summed E-state index contributed by atoms with van der Waals surface area (Å²) in [6.07, 6.45) is 3.58. The quantitative estimate of drug-likeness (QED) is 0.438. The molecule has 3 nitrogen and oxygen atoms in total. The minimum atomic E-state index is -0.784. The van der Waals surface area contributed by atoms with Crippen LogP contribution >= 0.6 is 0 Å². The Labute approximate surface area is 60.7 Å². The van der Waals surface area contributed by atoms with Crippen molar-refractivity contribution < 1.29 is 9.90 Å². The van der Waals surface area contributed by atoms with Crippen molar-refractivity contribution in [1.82, 2.24) is 5.32 Å². The molecule has 0 bridgehead atoms. The number of rotatable bonds is 5. The highest BCUT2D eigenvalue weighted by Crippen LogP contribution is 1.80. The molecule has 0 aliphatic heterocycles. The van der Waals surface area contributed by atoms with Gasteiger partial charge in [-0.05, 0) is 6.54 Å². The average Bonchev–Trinajstić information content (AvgIpc) is 1.87. The van der Waals surface area contributed by atoms with Crippen LogP contribution in [0.2, 0.25) is 0 Å². The van der Waals surface area contributed by atoms with Gasteiger partial charge in [-0.15, -0.1) is 0 Å². The Morgan fingerprint density at radius 2 is 2.30 bits per heavy atom. The molecule has 0 aliphatic carbocycles. The number of likely N-dealkylation sites (N-methyl/N-ethyl adjacent to an activating group) is 1. The predicted molar refractivity (Wildman–Crippen MR) is 39.9 cm³/mol. The van der Waals surface area contributed by atoms with Gasteiger partial charge in [0, 0.05) is 6.54 Å². The number of carboxylic acids is 1. The Morgan fingerprint density at radius 3 is 2.80 bits per heavy atom. The molecule has 0 aromatic heterocycles. The van der Waals surface area contributed by atoms with Gasteiger partial charge in [0.05, 0.1) is 6.42 Å². The molecule has 0 radical (unpaired) electrons. The first-order valence-corrected chi connectivity index (χ1v) is 3.35. The number of aliphatic carboxylic acids is 1. The minimum Gasteiger partial charge on any atom is -0.481 e. The number of nitrogens with one attached hydrogen (secondary N) is 1. The fourth-order valence-electron chi connectivity index (χ4n) is 0.495. The van der Waals surface area contributed by atoms with Crippen LogP contribution in [0.4, 0.5) is 0 Å². The molecule has 0 aliphatic rings. The maximum absolute atomic E-state index is 9.96. The van der Waals surface area contributed by atoms with Gasteiger partial charge < -0.3 is 10.4 Å². The van der Waals surface area contributed by atoms with Gasteiger partial charge in [-0.2, -0.15) is 0 Å². The summed E-state index contributed by atoms with van der Waals surface area (Å²) in [5, 5.41) is 11.2. The van der Waals surface area contributed by atoms with E-state index in [9.17, 15) is 4.79 Å². The summed E-state index contributed by atoms with van der Waals surface area (Å²) in [5.74, 6) is -0.784. The molecule has 0 aromatic rings. The first-order valence-electron chi connectivity index (χ1n) is 3.35. The first kappa shape index (κ1) is 9.17. The number of hydrogen-bond acceptors (Lipinski definition) is 2. The summed E-state index contributed by atoms with van der Waals surface area (Å²) >= 11 is 0. The van der Waals surface area contributed by atoms with Gasteiger partial charge in [-0.3, -0.25) is 4.79 Å². The van der Waals surface area contributed by atoms with E-state index in [1.807, 2.05) is 13.0 Å². The Hall–Kier alpha value is -0.830. The molecular formula is C7H13NO2. The molecular weight excluding hydrogens is 130 g/mol. The summed E-state index contributed by atoms with van der Waals surface area (Å²) in [5.41, 5.74) is 0. The topological polar surface area (TPSA) is 49.3 Å². The lowest BCUT2D eigenvalue weighted by Crippen LogP contribution is -2.11. The van der Waals surface area contributed by atoms with E-state index in [0.717, 1.165) is 13.1 Å². The third-order valence-corrected chi connectivity index (χ3v) is 0.971. The maximum Gasteiger partial charge on any atom is 0.307 e. The van der Waals surface area contributed by atoms with Crippen molar-refractivity contribution in [3.63, 3.8) is 0 Å². The maximum atomic E-state index is 9.96. The molecule has 0 heterocycles. The van der Waals surface area contributed by atoms with Crippen LogP contribution in [0.15, 0.2) is 12.2 Å². The van der Waals surface area contributed by atoms with Crippen LogP contribution < -0.4 is 5.32 Å². The van der Waals surface area contributed by atoms with E-state index in [2.05, 4.69) is 5.32 Å². The molecule has 58 valence electrons. The highest BCUT2D eigenvalue weighted by Gasteiger charge is 1.87. The average molecular weight is 143 g/mol. The van der Waals surface area contributed by atoms with Crippen LogP contribution in [-0.2, 0) is 4.79 Å². The lowest BCUT2D eigenvalue weighted by molar-refractivity contribution is -0.136. The van der Waals surface area contributed by atoms with Crippen LogP contribution in [0.1, 0.15) is 13.3 Å². The highest BCUT2D eigenvalue weighted by atomic mass is 16.4. The smallest absolute Gasteiger partial charge is 0.307 e. The Morgan fingerprint density at radius 1 is 1.60 bits per heavy atom. The van der Waals surface area contributed by atoms with E-state index in [4.69, 9.17) is 5.11 Å².